The van der Waals surface area contributed by atoms with Gasteiger partial charge in [-0.3, -0.25) is 49.4 Å². The predicted octanol–water partition coefficient (Wildman–Crippen LogP) is 15.2. The van der Waals surface area contributed by atoms with Crippen LogP contribution in [0.3, 0.4) is 0 Å². The largest absolute Gasteiger partial charge is 0.371 e. The molecule has 25 nitrogen and oxygen atoms in total. The van der Waals surface area contributed by atoms with E-state index in [-0.39, 0.29) is 17.9 Å². The minimum atomic E-state index is -3.11. The number of hydrogen-bond donors (Lipinski definition) is 5. The van der Waals surface area contributed by atoms with Crippen LogP contribution in [-0.2, 0) is 32.6 Å². The van der Waals surface area contributed by atoms with Crippen molar-refractivity contribution in [3.05, 3.63) is 183 Å². The average molecular weight is 1570 g/mol. The van der Waals surface area contributed by atoms with Crippen molar-refractivity contribution < 1.29 is 18.0 Å². The van der Waals surface area contributed by atoms with Gasteiger partial charge in [-0.25, -0.2) is 12.7 Å². The van der Waals surface area contributed by atoms with Crippen molar-refractivity contribution in [1.29, 1.82) is 0 Å². The van der Waals surface area contributed by atoms with Crippen molar-refractivity contribution in [2.75, 3.05) is 92.9 Å². The first-order chi connectivity index (χ1) is 52.2. The van der Waals surface area contributed by atoms with Crippen molar-refractivity contribution in [2.24, 2.45) is 5.41 Å². The highest BCUT2D eigenvalue weighted by molar-refractivity contribution is 7.88. The molecule has 31 heteroatoms. The quantitative estimate of drug-likeness (QED) is 0.0884. The number of nitrogens with one attached hydrogen (secondary N) is 5. The van der Waals surface area contributed by atoms with Gasteiger partial charge in [0.25, 0.3) is 0 Å². The van der Waals surface area contributed by atoms with Crippen molar-refractivity contribution in [2.45, 2.75) is 90.3 Å². The normalized spacial score (nSPS) is 17.0. The van der Waals surface area contributed by atoms with Crippen molar-refractivity contribution in [3.8, 4) is 22.3 Å². The minimum Gasteiger partial charge on any atom is -0.371 e. The molecule has 0 bridgehead atoms. The first-order valence-electron chi connectivity index (χ1n) is 36.3. The standard InChI is InChI=1S/C17H18ClN5O.C17H21ClN4O.C16H18ClN5O2S.C15H13ClN4.C12H12ClN3/c1-11(24)22-4-2-14(3-5-22)23-10-12(8-20-23)15-6-13(18)7-17-16(15)9-19-21-17;1-12(23)22-7-4-17(11-22)2-5-21(6-3-17)16-9-13(18)8-15-14(16)10-19-20-15;1-25(23,24)21-4-2-13(3-5-21)22-10-11(8-19-22)14-6-12(17)7-16-15(14)9-18-20-16;16-12-5-14-13(8-18-19-14)15(6-12)20-4-2-10-1-3-17-7-11(10)9-20;13-9-6-11-10(8-14-15-11)12(7-9)16-4-2-1-3-5-16/h6-10,14H,2-5H2,1H3,(H,19,21);8-10H,2-7,11H2,1H3,(H,19,20);6-10,13H,2-5H2,1H3,(H,18,20);1,3,5-8H,2,4,9H2,(H,18,19);1-2,6-8H,3-5H2,(H,14,15). The van der Waals surface area contributed by atoms with E-state index in [4.69, 9.17) is 58.0 Å². The number of anilines is 3. The fourth-order valence-corrected chi connectivity index (χ4v) is 17.8. The number of aromatic amines is 5. The molecule has 4 saturated heterocycles. The van der Waals surface area contributed by atoms with E-state index >= 15 is 0 Å². The van der Waals surface area contributed by atoms with Gasteiger partial charge in [-0.05, 0) is 152 Å². The number of rotatable bonds is 8. The summed E-state index contributed by atoms with van der Waals surface area (Å²) in [5, 5.41) is 53.3. The zero-order valence-corrected chi connectivity index (χ0v) is 64.5. The lowest BCUT2D eigenvalue weighted by Crippen LogP contribution is -2.42. The molecule has 0 saturated carbocycles. The van der Waals surface area contributed by atoms with E-state index < -0.39 is 10.0 Å². The molecule has 0 radical (unpaired) electrons. The molecule has 5 N–H and O–H groups in total. The third-order valence-electron chi connectivity index (χ3n) is 21.7. The highest BCUT2D eigenvalue weighted by Gasteiger charge is 2.42. The number of amides is 2. The van der Waals surface area contributed by atoms with E-state index in [1.807, 2.05) is 136 Å². The van der Waals surface area contributed by atoms with Gasteiger partial charge in [0, 0.05) is 197 Å². The summed E-state index contributed by atoms with van der Waals surface area (Å²) in [6.45, 7) is 13.6. The molecule has 108 heavy (non-hydrogen) atoms. The summed E-state index contributed by atoms with van der Waals surface area (Å²) < 4.78 is 28.7. The summed E-state index contributed by atoms with van der Waals surface area (Å²) in [5.41, 5.74) is 15.2. The Morgan fingerprint density at radius 2 is 0.917 bits per heavy atom. The molecule has 19 rings (SSSR count). The Balaban J connectivity index is 0.000000108. The van der Waals surface area contributed by atoms with E-state index in [1.165, 1.54) is 27.4 Å². The summed E-state index contributed by atoms with van der Waals surface area (Å²) in [7, 11) is -3.11. The molecule has 6 aliphatic heterocycles. The first kappa shape index (κ1) is 73.9. The SMILES string of the molecule is CC(=O)N1CCC(n2cc(-c3cc(Cl)cc4[nH]ncc34)cn2)CC1.CC(=O)N1CCC2(CCN(c3cc(Cl)cc4[nH]ncc34)CC2)C1.CS(=O)(=O)N1CCC(n2cc(-c3cc(Cl)cc4[nH]ncc34)cn2)CC1.Clc1cc(N2CC=CCC2)c2cn[nH]c2c1.Clc1cc(N2CCc3ccncc3C2)c2cn[nH]c2c1. The van der Waals surface area contributed by atoms with Gasteiger partial charge in [-0.2, -0.15) is 35.7 Å². The second-order valence-corrected chi connectivity index (χ2v) is 32.8. The van der Waals surface area contributed by atoms with Crippen molar-refractivity contribution in [1.82, 2.24) is 89.6 Å². The fourth-order valence-electron chi connectivity index (χ4n) is 15.8. The van der Waals surface area contributed by atoms with Gasteiger partial charge in [-0.15, -0.1) is 0 Å². The number of carbonyl (C=O) groups is 2. The Labute approximate surface area is 648 Å². The fraction of sp³-hybridized carbons (Fsp3) is 0.351. The molecule has 1 spiro atoms. The van der Waals surface area contributed by atoms with Crippen LogP contribution in [0.2, 0.25) is 25.1 Å². The lowest BCUT2D eigenvalue weighted by atomic mass is 9.77. The molecule has 4 fully saturated rings. The highest BCUT2D eigenvalue weighted by Crippen LogP contribution is 2.44. The summed E-state index contributed by atoms with van der Waals surface area (Å²) in [5.74, 6) is 0.357. The summed E-state index contributed by atoms with van der Waals surface area (Å²) in [6, 6.07) is 22.0. The second-order valence-electron chi connectivity index (χ2n) is 28.6. The number of pyridine rings is 1. The van der Waals surface area contributed by atoms with Crippen LogP contribution in [0.5, 0.6) is 0 Å². The van der Waals surface area contributed by atoms with E-state index in [9.17, 15) is 18.0 Å². The molecule has 560 valence electrons. The lowest BCUT2D eigenvalue weighted by Gasteiger charge is -2.40. The number of hydrogen-bond acceptors (Lipinski definition) is 15. The maximum absolute atomic E-state index is 11.6. The second kappa shape index (κ2) is 32.0. The Kier molecular flexibility index (Phi) is 21.9. The minimum absolute atomic E-state index is 0.149. The molecule has 14 heterocycles. The molecule has 13 aromatic rings. The van der Waals surface area contributed by atoms with E-state index in [0.29, 0.717) is 34.6 Å². The number of carbonyl (C=O) groups excluding carboxylic acids is 2. The van der Waals surface area contributed by atoms with Crippen molar-refractivity contribution >= 4 is 151 Å². The van der Waals surface area contributed by atoms with Gasteiger partial charge in [-0.1, -0.05) is 70.2 Å². The van der Waals surface area contributed by atoms with Crippen molar-refractivity contribution in [3.63, 3.8) is 0 Å². The summed E-state index contributed by atoms with van der Waals surface area (Å²) in [6.07, 6.45) is 35.3. The van der Waals surface area contributed by atoms with Crippen LogP contribution in [0.15, 0.2) is 147 Å². The number of aromatic nitrogens is 15. The van der Waals surface area contributed by atoms with Crippen LogP contribution in [0.4, 0.5) is 17.1 Å². The van der Waals surface area contributed by atoms with Gasteiger partial charge >= 0.3 is 0 Å². The molecule has 8 aromatic heterocycles. The predicted molar refractivity (Wildman–Crippen MR) is 429 cm³/mol. The summed E-state index contributed by atoms with van der Waals surface area (Å²) in [4.78, 5) is 38.2. The lowest BCUT2D eigenvalue weighted by molar-refractivity contribution is -0.130. The first-order valence-corrected chi connectivity index (χ1v) is 40.0. The van der Waals surface area contributed by atoms with Gasteiger partial charge < -0.3 is 24.5 Å². The van der Waals surface area contributed by atoms with Crippen LogP contribution in [0.25, 0.3) is 76.8 Å². The zero-order chi connectivity index (χ0) is 74.8. The van der Waals surface area contributed by atoms with Crippen LogP contribution < -0.4 is 14.7 Å². The van der Waals surface area contributed by atoms with Crippen LogP contribution in [0.1, 0.15) is 88.4 Å². The smallest absolute Gasteiger partial charge is 0.219 e. The number of fused-ring (bicyclic) bond motifs is 6. The van der Waals surface area contributed by atoms with Crippen LogP contribution in [-0.4, -0.2) is 188 Å². The maximum Gasteiger partial charge on any atom is 0.219 e. The number of nitrogens with zero attached hydrogens (tertiary/aromatic N) is 16. The number of sulfonamides is 1. The topological polar surface area (TPSA) is 280 Å². The average Bonchev–Trinajstić information content (AvgIpc) is 1.59. The van der Waals surface area contributed by atoms with E-state index in [2.05, 4.69) is 105 Å². The molecule has 0 atom stereocenters. The Morgan fingerprint density at radius 1 is 0.472 bits per heavy atom. The number of halogens is 5. The Bertz CT molecular complexity index is 5540. The van der Waals surface area contributed by atoms with E-state index in [0.717, 1.165) is 226 Å². The molecule has 5 aromatic carbocycles. The maximum atomic E-state index is 11.6. The third-order valence-corrected chi connectivity index (χ3v) is 24.1. The molecule has 0 aliphatic carbocycles. The molecule has 0 unspecified atom stereocenters. The number of benzene rings is 5. The van der Waals surface area contributed by atoms with Gasteiger partial charge in [0.1, 0.15) is 0 Å². The number of likely N-dealkylation sites (tertiary alicyclic amines) is 2. The molecular weight excluding hydrogens is 1490 g/mol. The Morgan fingerprint density at radius 3 is 1.38 bits per heavy atom. The Hall–Kier alpha value is -9.54. The van der Waals surface area contributed by atoms with Gasteiger partial charge in [0.2, 0.25) is 21.8 Å². The van der Waals surface area contributed by atoms with E-state index in [1.54, 1.807) is 20.0 Å². The van der Waals surface area contributed by atoms with Crippen LogP contribution >= 0.6 is 58.0 Å². The molecular formula is C77H82Cl5N21O4S. The molecule has 6 aliphatic rings. The van der Waals surface area contributed by atoms with Gasteiger partial charge in [0.05, 0.1) is 89.3 Å². The van der Waals surface area contributed by atoms with Gasteiger partial charge in [0.15, 0.2) is 0 Å². The monoisotopic (exact) mass is 1570 g/mol. The molecule has 2 amide bonds. The zero-order valence-electron chi connectivity index (χ0n) is 59.9. The van der Waals surface area contributed by atoms with Crippen LogP contribution in [0, 0.1) is 5.41 Å². The third kappa shape index (κ3) is 16.4. The summed E-state index contributed by atoms with van der Waals surface area (Å²) >= 11 is 31.0. The number of piperidine rings is 3. The highest BCUT2D eigenvalue weighted by atomic mass is 35.5. The number of H-pyrrole nitrogens is 5.